The van der Waals surface area contributed by atoms with Crippen LogP contribution in [0.15, 0.2) is 12.1 Å². The number of amides is 1. The van der Waals surface area contributed by atoms with Gasteiger partial charge in [0.15, 0.2) is 0 Å². The fourth-order valence-electron chi connectivity index (χ4n) is 1.82. The summed E-state index contributed by atoms with van der Waals surface area (Å²) in [5, 5.41) is 5.23. The third-order valence-electron chi connectivity index (χ3n) is 2.73. The number of nitrogens with one attached hydrogen (secondary N) is 2. The molecule has 1 unspecified atom stereocenters. The summed E-state index contributed by atoms with van der Waals surface area (Å²) in [6.45, 7) is 0.0768. The van der Waals surface area contributed by atoms with Crippen molar-refractivity contribution in [2.75, 3.05) is 13.1 Å². The van der Waals surface area contributed by atoms with Crippen molar-refractivity contribution in [3.8, 4) is 0 Å². The number of alkyl halides is 2. The zero-order valence-electron chi connectivity index (χ0n) is 9.51. The normalized spacial score (nSPS) is 22.1. The number of thiophene rings is 1. The number of halogens is 3. The van der Waals surface area contributed by atoms with Crippen LogP contribution in [0.5, 0.6) is 0 Å². The van der Waals surface area contributed by atoms with Gasteiger partial charge in [0.2, 0.25) is 5.91 Å². The molecule has 1 atom stereocenters. The van der Waals surface area contributed by atoms with Crippen molar-refractivity contribution in [1.82, 2.24) is 10.6 Å². The molecular formula is C11H13F2IN2OS. The lowest BCUT2D eigenvalue weighted by Gasteiger charge is -2.10. The zero-order chi connectivity index (χ0) is 13.2. The highest BCUT2D eigenvalue weighted by Crippen LogP contribution is 2.25. The van der Waals surface area contributed by atoms with Crippen molar-refractivity contribution in [3.05, 3.63) is 19.9 Å². The summed E-state index contributed by atoms with van der Waals surface area (Å²) in [4.78, 5) is 12.8. The first-order valence-electron chi connectivity index (χ1n) is 5.59. The molecule has 1 aromatic heterocycles. The highest BCUT2D eigenvalue weighted by atomic mass is 127. The lowest BCUT2D eigenvalue weighted by atomic mass is 10.2. The number of hydrogen-bond donors (Lipinski definition) is 2. The second-order valence-corrected chi connectivity index (χ2v) is 7.30. The van der Waals surface area contributed by atoms with Crippen LogP contribution in [0.4, 0.5) is 8.78 Å². The number of rotatable bonds is 4. The third-order valence-corrected chi connectivity index (χ3v) is 4.68. The maximum absolute atomic E-state index is 12.9. The minimum atomic E-state index is -2.76. The van der Waals surface area contributed by atoms with Gasteiger partial charge in [0.1, 0.15) is 0 Å². The van der Waals surface area contributed by atoms with E-state index in [9.17, 15) is 13.6 Å². The summed E-state index contributed by atoms with van der Waals surface area (Å²) in [6.07, 6.45) is 0.332. The molecule has 0 aliphatic carbocycles. The summed E-state index contributed by atoms with van der Waals surface area (Å²) in [5.41, 5.74) is 0. The fourth-order valence-corrected chi connectivity index (χ4v) is 3.57. The number of carbonyl (C=O) groups is 1. The quantitative estimate of drug-likeness (QED) is 0.778. The van der Waals surface area contributed by atoms with E-state index in [0.717, 1.165) is 6.42 Å². The van der Waals surface area contributed by atoms with Crippen molar-refractivity contribution in [2.24, 2.45) is 0 Å². The molecule has 3 nitrogen and oxygen atoms in total. The van der Waals surface area contributed by atoms with Gasteiger partial charge in [-0.15, -0.1) is 11.3 Å². The van der Waals surface area contributed by atoms with Crippen LogP contribution < -0.4 is 10.6 Å². The molecule has 1 amide bonds. The van der Waals surface area contributed by atoms with Gasteiger partial charge >= 0.3 is 0 Å². The maximum atomic E-state index is 12.9. The van der Waals surface area contributed by atoms with Crippen molar-refractivity contribution < 1.29 is 13.6 Å². The van der Waals surface area contributed by atoms with E-state index < -0.39 is 24.9 Å². The molecule has 0 radical (unpaired) electrons. The first kappa shape index (κ1) is 14.1. The van der Waals surface area contributed by atoms with Gasteiger partial charge in [0, 0.05) is 17.8 Å². The van der Waals surface area contributed by atoms with Gasteiger partial charge in [-0.3, -0.25) is 10.1 Å². The van der Waals surface area contributed by atoms with Gasteiger partial charge in [-0.05, 0) is 41.1 Å². The van der Waals surface area contributed by atoms with E-state index in [2.05, 4.69) is 33.2 Å². The van der Waals surface area contributed by atoms with E-state index >= 15 is 0 Å². The number of hydrogen-bond acceptors (Lipinski definition) is 3. The molecule has 2 heterocycles. The Morgan fingerprint density at radius 2 is 2.39 bits per heavy atom. The lowest BCUT2D eigenvalue weighted by Crippen LogP contribution is -2.41. The molecule has 0 saturated carbocycles. The van der Waals surface area contributed by atoms with Crippen LogP contribution >= 0.6 is 33.9 Å². The van der Waals surface area contributed by atoms with Crippen LogP contribution in [0.3, 0.4) is 0 Å². The summed E-state index contributed by atoms with van der Waals surface area (Å²) in [6, 6.07) is 3.27. The Kier molecular flexibility index (Phi) is 4.54. The van der Waals surface area contributed by atoms with Crippen LogP contribution in [-0.2, 0) is 11.2 Å². The smallest absolute Gasteiger partial charge is 0.262 e. The Bertz CT molecular complexity index is 438. The van der Waals surface area contributed by atoms with Gasteiger partial charge < -0.3 is 5.32 Å². The van der Waals surface area contributed by atoms with E-state index in [1.807, 2.05) is 12.1 Å². The van der Waals surface area contributed by atoms with Gasteiger partial charge in [0.05, 0.1) is 15.5 Å². The van der Waals surface area contributed by atoms with Crippen LogP contribution in [-0.4, -0.2) is 31.0 Å². The molecule has 7 heteroatoms. The van der Waals surface area contributed by atoms with E-state index in [0.29, 0.717) is 6.54 Å². The van der Waals surface area contributed by atoms with E-state index in [4.69, 9.17) is 0 Å². The maximum Gasteiger partial charge on any atom is 0.262 e. The van der Waals surface area contributed by atoms with Crippen LogP contribution in [0.25, 0.3) is 0 Å². The topological polar surface area (TPSA) is 41.1 Å². The van der Waals surface area contributed by atoms with Crippen molar-refractivity contribution in [1.29, 1.82) is 0 Å². The summed E-state index contributed by atoms with van der Waals surface area (Å²) in [7, 11) is 0. The molecule has 1 aliphatic rings. The fraction of sp³-hybridized carbons (Fsp3) is 0.545. The average Bonchev–Trinajstić information content (AvgIpc) is 2.85. The molecule has 18 heavy (non-hydrogen) atoms. The van der Waals surface area contributed by atoms with Crippen molar-refractivity contribution >= 4 is 39.8 Å². The highest BCUT2D eigenvalue weighted by molar-refractivity contribution is 14.1. The van der Waals surface area contributed by atoms with E-state index in [1.54, 1.807) is 11.3 Å². The minimum Gasteiger partial charge on any atom is -0.354 e. The van der Waals surface area contributed by atoms with Crippen LogP contribution in [0.1, 0.15) is 11.3 Å². The lowest BCUT2D eigenvalue weighted by molar-refractivity contribution is -0.123. The Labute approximate surface area is 121 Å². The first-order chi connectivity index (χ1) is 8.46. The molecule has 0 bridgehead atoms. The standard InChI is InChI=1S/C11H13F2IN2OS/c12-11(13)5-8(16-6-11)10(17)15-4-3-7-1-2-9(14)18-7/h1-2,8,16H,3-6H2,(H,15,17). The van der Waals surface area contributed by atoms with Gasteiger partial charge in [-0.2, -0.15) is 0 Å². The Balaban J connectivity index is 1.72. The van der Waals surface area contributed by atoms with Gasteiger partial charge in [0.25, 0.3) is 5.92 Å². The Hall–Kier alpha value is -0.280. The summed E-state index contributed by atoms with van der Waals surface area (Å²) < 4.78 is 27.0. The molecule has 1 aliphatic heterocycles. The Morgan fingerprint density at radius 3 is 2.94 bits per heavy atom. The molecule has 2 N–H and O–H groups in total. The molecule has 1 saturated heterocycles. The molecule has 1 fully saturated rings. The first-order valence-corrected chi connectivity index (χ1v) is 7.49. The zero-order valence-corrected chi connectivity index (χ0v) is 12.5. The van der Waals surface area contributed by atoms with E-state index in [1.165, 1.54) is 7.76 Å². The second kappa shape index (κ2) is 5.79. The van der Waals surface area contributed by atoms with Crippen LogP contribution in [0.2, 0.25) is 0 Å². The molecule has 100 valence electrons. The molecule has 1 aromatic rings. The molecular weight excluding hydrogens is 373 g/mol. The summed E-state index contributed by atoms with van der Waals surface area (Å²) in [5.74, 6) is -3.09. The second-order valence-electron chi connectivity index (χ2n) is 4.24. The van der Waals surface area contributed by atoms with E-state index in [-0.39, 0.29) is 5.91 Å². The van der Waals surface area contributed by atoms with Crippen LogP contribution in [0, 0.1) is 2.88 Å². The highest BCUT2D eigenvalue weighted by Gasteiger charge is 2.42. The van der Waals surface area contributed by atoms with Crippen molar-refractivity contribution in [3.63, 3.8) is 0 Å². The molecule has 0 aromatic carbocycles. The predicted molar refractivity (Wildman–Crippen MR) is 75.1 cm³/mol. The Morgan fingerprint density at radius 1 is 1.61 bits per heavy atom. The van der Waals surface area contributed by atoms with Crippen molar-refractivity contribution in [2.45, 2.75) is 24.8 Å². The minimum absolute atomic E-state index is 0.335. The van der Waals surface area contributed by atoms with Gasteiger partial charge in [-0.1, -0.05) is 0 Å². The average molecular weight is 386 g/mol. The monoisotopic (exact) mass is 386 g/mol. The summed E-state index contributed by atoms with van der Waals surface area (Å²) >= 11 is 3.91. The van der Waals surface area contributed by atoms with Gasteiger partial charge in [-0.25, -0.2) is 8.78 Å². The predicted octanol–water partition coefficient (Wildman–Crippen LogP) is 2.01. The number of carbonyl (C=O) groups excluding carboxylic acids is 1. The largest absolute Gasteiger partial charge is 0.354 e. The third kappa shape index (κ3) is 3.86. The SMILES string of the molecule is O=C(NCCc1ccc(I)s1)C1CC(F)(F)CN1. The molecule has 2 rings (SSSR count). The molecule has 0 spiro atoms.